The zero-order valence-electron chi connectivity index (χ0n) is 8.84. The fourth-order valence-corrected chi connectivity index (χ4v) is 2.23. The van der Waals surface area contributed by atoms with Gasteiger partial charge in [-0.1, -0.05) is 0 Å². The Hall–Kier alpha value is -1.80. The van der Waals surface area contributed by atoms with Crippen molar-refractivity contribution in [3.63, 3.8) is 0 Å². The Morgan fingerprint density at radius 3 is 2.29 bits per heavy atom. The quantitative estimate of drug-likeness (QED) is 0.548. The number of phenolic OH excluding ortho intramolecular Hbond substituents is 2. The van der Waals surface area contributed by atoms with Crippen LogP contribution in [0.5, 0.6) is 11.5 Å². The highest BCUT2D eigenvalue weighted by Crippen LogP contribution is 2.31. The number of phenols is 2. The molecular weight excluding hydrogens is 250 g/mol. The van der Waals surface area contributed by atoms with Gasteiger partial charge in [-0.15, -0.1) is 0 Å². The van der Waals surface area contributed by atoms with Crippen molar-refractivity contribution in [3.8, 4) is 11.5 Å². The molecule has 0 saturated carbocycles. The third-order valence-electron chi connectivity index (χ3n) is 2.06. The van der Waals surface area contributed by atoms with Gasteiger partial charge in [-0.2, -0.15) is 0 Å². The first-order chi connectivity index (χ1) is 7.77. The number of carboxylic acid groups (broad SMARTS) is 1. The second-order valence-corrected chi connectivity index (χ2v) is 5.08. The van der Waals surface area contributed by atoms with Gasteiger partial charge in [0.25, 0.3) is 0 Å². The minimum Gasteiger partial charge on any atom is -0.504 e. The van der Waals surface area contributed by atoms with E-state index in [-0.39, 0.29) is 10.5 Å². The van der Waals surface area contributed by atoms with Crippen LogP contribution in [0.15, 0.2) is 17.0 Å². The largest absolute Gasteiger partial charge is 0.504 e. The van der Waals surface area contributed by atoms with Gasteiger partial charge in [-0.05, 0) is 18.7 Å². The SMILES string of the molecule is CNS(=O)(=O)c1cc(O)c(O)cc1CC(=O)O. The van der Waals surface area contributed by atoms with Crippen LogP contribution in [0.2, 0.25) is 0 Å². The standard InChI is InChI=1S/C9H11NO6S/c1-10-17(15,16)8-4-7(12)6(11)2-5(8)3-9(13)14/h2,4,10-12H,3H2,1H3,(H,13,14). The molecule has 1 aromatic rings. The molecule has 0 fully saturated rings. The Kier molecular flexibility index (Phi) is 3.59. The third kappa shape index (κ3) is 2.86. The number of carbonyl (C=O) groups is 1. The van der Waals surface area contributed by atoms with Crippen LogP contribution in [-0.2, 0) is 21.2 Å². The molecule has 0 heterocycles. The highest BCUT2D eigenvalue weighted by molar-refractivity contribution is 7.89. The van der Waals surface area contributed by atoms with E-state index in [0.717, 1.165) is 19.2 Å². The van der Waals surface area contributed by atoms with E-state index in [1.165, 1.54) is 0 Å². The summed E-state index contributed by atoms with van der Waals surface area (Å²) in [4.78, 5) is 10.2. The minimum absolute atomic E-state index is 0.109. The molecular formula is C9H11NO6S. The molecule has 0 spiro atoms. The van der Waals surface area contributed by atoms with Crippen molar-refractivity contribution in [3.05, 3.63) is 17.7 Å². The van der Waals surface area contributed by atoms with Gasteiger partial charge < -0.3 is 15.3 Å². The maximum absolute atomic E-state index is 11.6. The summed E-state index contributed by atoms with van der Waals surface area (Å²) in [5.74, 6) is -2.45. The molecule has 94 valence electrons. The van der Waals surface area contributed by atoms with Gasteiger partial charge in [-0.25, -0.2) is 13.1 Å². The summed E-state index contributed by atoms with van der Waals surface area (Å²) in [5.41, 5.74) is -0.109. The number of rotatable bonds is 4. The predicted octanol–water partition coefficient (Wildman–Crippen LogP) is -0.367. The Balaban J connectivity index is 3.46. The van der Waals surface area contributed by atoms with Gasteiger partial charge in [0.15, 0.2) is 11.5 Å². The second kappa shape index (κ2) is 4.60. The summed E-state index contributed by atoms with van der Waals surface area (Å²) in [6.45, 7) is 0. The average Bonchev–Trinajstić information content (AvgIpc) is 2.22. The molecule has 0 aliphatic carbocycles. The molecule has 0 aromatic heterocycles. The lowest BCUT2D eigenvalue weighted by Crippen LogP contribution is -2.21. The lowest BCUT2D eigenvalue weighted by Gasteiger charge is -2.09. The lowest BCUT2D eigenvalue weighted by atomic mass is 10.1. The highest BCUT2D eigenvalue weighted by Gasteiger charge is 2.21. The van der Waals surface area contributed by atoms with Crippen molar-refractivity contribution < 1.29 is 28.5 Å². The summed E-state index contributed by atoms with van der Waals surface area (Å²) < 4.78 is 25.1. The summed E-state index contributed by atoms with van der Waals surface area (Å²) in [6, 6.07) is 1.72. The molecule has 8 heteroatoms. The van der Waals surface area contributed by atoms with Gasteiger partial charge >= 0.3 is 5.97 Å². The smallest absolute Gasteiger partial charge is 0.307 e. The Morgan fingerprint density at radius 1 is 1.29 bits per heavy atom. The number of sulfonamides is 1. The Bertz CT molecular complexity index is 551. The van der Waals surface area contributed by atoms with Crippen molar-refractivity contribution in [2.75, 3.05) is 7.05 Å². The molecule has 1 rings (SSSR count). The van der Waals surface area contributed by atoms with Crippen LogP contribution in [0.25, 0.3) is 0 Å². The van der Waals surface area contributed by atoms with Crippen LogP contribution < -0.4 is 4.72 Å². The van der Waals surface area contributed by atoms with Crippen molar-refractivity contribution in [2.45, 2.75) is 11.3 Å². The zero-order chi connectivity index (χ0) is 13.2. The van der Waals surface area contributed by atoms with Crippen molar-refractivity contribution >= 4 is 16.0 Å². The van der Waals surface area contributed by atoms with Gasteiger partial charge in [0.2, 0.25) is 10.0 Å². The van der Waals surface area contributed by atoms with Gasteiger partial charge in [0.05, 0.1) is 11.3 Å². The Labute approximate surface area is 97.4 Å². The molecule has 0 bridgehead atoms. The van der Waals surface area contributed by atoms with Crippen molar-refractivity contribution in [1.29, 1.82) is 0 Å². The van der Waals surface area contributed by atoms with Crippen LogP contribution in [0.1, 0.15) is 5.56 Å². The zero-order valence-corrected chi connectivity index (χ0v) is 9.65. The van der Waals surface area contributed by atoms with E-state index in [9.17, 15) is 23.4 Å². The van der Waals surface area contributed by atoms with Crippen LogP contribution in [0.3, 0.4) is 0 Å². The number of carboxylic acids is 1. The summed E-state index contributed by atoms with van der Waals surface area (Å²) in [6.07, 6.45) is -0.579. The molecule has 0 unspecified atom stereocenters. The van der Waals surface area contributed by atoms with E-state index in [2.05, 4.69) is 0 Å². The predicted molar refractivity (Wildman–Crippen MR) is 57.4 cm³/mol. The molecule has 17 heavy (non-hydrogen) atoms. The van der Waals surface area contributed by atoms with Crippen LogP contribution in [-0.4, -0.2) is 36.8 Å². The number of nitrogens with one attached hydrogen (secondary N) is 1. The van der Waals surface area contributed by atoms with Crippen molar-refractivity contribution in [1.82, 2.24) is 4.72 Å². The number of benzene rings is 1. The molecule has 0 atom stereocenters. The van der Waals surface area contributed by atoms with E-state index < -0.39 is 33.9 Å². The number of aliphatic carboxylic acids is 1. The molecule has 0 aliphatic rings. The first-order valence-corrected chi connectivity index (χ1v) is 5.96. The van der Waals surface area contributed by atoms with Gasteiger partial charge in [-0.3, -0.25) is 4.79 Å². The van der Waals surface area contributed by atoms with E-state index in [4.69, 9.17) is 5.11 Å². The summed E-state index contributed by atoms with van der Waals surface area (Å²) >= 11 is 0. The Morgan fingerprint density at radius 2 is 1.82 bits per heavy atom. The van der Waals surface area contributed by atoms with E-state index in [1.54, 1.807) is 0 Å². The highest BCUT2D eigenvalue weighted by atomic mass is 32.2. The molecule has 4 N–H and O–H groups in total. The first-order valence-electron chi connectivity index (χ1n) is 4.48. The van der Waals surface area contributed by atoms with Crippen molar-refractivity contribution in [2.24, 2.45) is 0 Å². The van der Waals surface area contributed by atoms with Crippen LogP contribution in [0, 0.1) is 0 Å². The van der Waals surface area contributed by atoms with E-state index >= 15 is 0 Å². The fourth-order valence-electron chi connectivity index (χ4n) is 1.26. The molecule has 1 aromatic carbocycles. The lowest BCUT2D eigenvalue weighted by molar-refractivity contribution is -0.136. The van der Waals surface area contributed by atoms with Gasteiger partial charge in [0, 0.05) is 6.07 Å². The second-order valence-electron chi connectivity index (χ2n) is 3.23. The first kappa shape index (κ1) is 13.3. The molecule has 0 radical (unpaired) electrons. The fraction of sp³-hybridized carbons (Fsp3) is 0.222. The summed E-state index contributed by atoms with van der Waals surface area (Å²) in [7, 11) is -2.74. The van der Waals surface area contributed by atoms with Gasteiger partial charge in [0.1, 0.15) is 0 Å². The third-order valence-corrected chi connectivity index (χ3v) is 3.55. The monoisotopic (exact) mass is 261 g/mol. The van der Waals surface area contributed by atoms with E-state index in [1.807, 2.05) is 4.72 Å². The normalized spacial score (nSPS) is 11.4. The summed E-state index contributed by atoms with van der Waals surface area (Å²) in [5, 5.41) is 27.1. The van der Waals surface area contributed by atoms with Crippen LogP contribution in [0.4, 0.5) is 0 Å². The average molecular weight is 261 g/mol. The van der Waals surface area contributed by atoms with Crippen LogP contribution >= 0.6 is 0 Å². The molecule has 0 saturated heterocycles. The minimum atomic E-state index is -3.90. The number of hydrogen-bond donors (Lipinski definition) is 4. The topological polar surface area (TPSA) is 124 Å². The maximum Gasteiger partial charge on any atom is 0.307 e. The number of hydrogen-bond acceptors (Lipinski definition) is 5. The molecule has 7 nitrogen and oxygen atoms in total. The van der Waals surface area contributed by atoms with E-state index in [0.29, 0.717) is 0 Å². The number of aromatic hydroxyl groups is 2. The maximum atomic E-state index is 11.6. The molecule has 0 amide bonds. The molecule has 0 aliphatic heterocycles.